The zero-order chi connectivity index (χ0) is 16.2. The Balaban J connectivity index is 1.64. The van der Waals surface area contributed by atoms with Crippen molar-refractivity contribution in [1.29, 1.82) is 0 Å². The van der Waals surface area contributed by atoms with Gasteiger partial charge in [0.25, 0.3) is 5.91 Å². The molecule has 1 aromatic heterocycles. The van der Waals surface area contributed by atoms with Crippen molar-refractivity contribution in [3.8, 4) is 10.6 Å². The van der Waals surface area contributed by atoms with E-state index in [1.165, 1.54) is 0 Å². The van der Waals surface area contributed by atoms with Gasteiger partial charge in [-0.15, -0.1) is 11.3 Å². The number of rotatable bonds is 4. The number of thiazole rings is 1. The van der Waals surface area contributed by atoms with Crippen molar-refractivity contribution in [3.63, 3.8) is 0 Å². The number of morpholine rings is 1. The van der Waals surface area contributed by atoms with Gasteiger partial charge in [0.15, 0.2) is 0 Å². The molecule has 2 aromatic rings. The van der Waals surface area contributed by atoms with E-state index in [0.717, 1.165) is 27.7 Å². The molecule has 2 heterocycles. The first-order valence-electron chi connectivity index (χ1n) is 7.46. The molecule has 5 nitrogen and oxygen atoms in total. The van der Waals surface area contributed by atoms with Gasteiger partial charge in [0, 0.05) is 28.6 Å². The van der Waals surface area contributed by atoms with Crippen molar-refractivity contribution >= 4 is 28.8 Å². The third-order valence-corrected chi connectivity index (χ3v) is 5.09. The van der Waals surface area contributed by atoms with E-state index >= 15 is 0 Å². The van der Waals surface area contributed by atoms with Crippen LogP contribution in [0, 0.1) is 6.92 Å². The van der Waals surface area contributed by atoms with E-state index in [4.69, 9.17) is 16.3 Å². The highest BCUT2D eigenvalue weighted by atomic mass is 35.5. The van der Waals surface area contributed by atoms with Crippen LogP contribution in [-0.4, -0.2) is 36.7 Å². The Morgan fingerprint density at radius 1 is 1.48 bits per heavy atom. The van der Waals surface area contributed by atoms with Crippen LogP contribution in [0.3, 0.4) is 0 Å². The van der Waals surface area contributed by atoms with Gasteiger partial charge >= 0.3 is 0 Å². The minimum atomic E-state index is -0.410. The summed E-state index contributed by atoms with van der Waals surface area (Å²) in [5.74, 6) is -0.0851. The highest BCUT2D eigenvalue weighted by molar-refractivity contribution is 7.15. The summed E-state index contributed by atoms with van der Waals surface area (Å²) < 4.78 is 5.44. The number of carbonyl (C=O) groups excluding carboxylic acids is 1. The number of benzene rings is 1. The fourth-order valence-electron chi connectivity index (χ4n) is 2.32. The molecule has 122 valence electrons. The first-order chi connectivity index (χ1) is 11.1. The lowest BCUT2D eigenvalue weighted by molar-refractivity contribution is -0.134. The number of aryl methyl sites for hydroxylation is 1. The maximum Gasteiger partial charge on any atom is 0.250 e. The van der Waals surface area contributed by atoms with Crippen molar-refractivity contribution in [3.05, 3.63) is 39.9 Å². The van der Waals surface area contributed by atoms with Crippen molar-refractivity contribution in [2.24, 2.45) is 0 Å². The van der Waals surface area contributed by atoms with E-state index in [0.29, 0.717) is 24.7 Å². The lowest BCUT2D eigenvalue weighted by atomic mass is 10.2. The molecule has 1 aliphatic heterocycles. The lowest BCUT2D eigenvalue weighted by Crippen LogP contribution is -2.47. The van der Waals surface area contributed by atoms with Gasteiger partial charge in [-0.1, -0.05) is 23.7 Å². The van der Waals surface area contributed by atoms with Gasteiger partial charge < -0.3 is 15.4 Å². The summed E-state index contributed by atoms with van der Waals surface area (Å²) in [5.41, 5.74) is 1.96. The van der Waals surface area contributed by atoms with Crippen LogP contribution in [0.2, 0.25) is 5.02 Å². The Kier molecular flexibility index (Phi) is 5.27. The van der Waals surface area contributed by atoms with E-state index in [-0.39, 0.29) is 5.91 Å². The molecule has 1 aliphatic rings. The van der Waals surface area contributed by atoms with Crippen molar-refractivity contribution < 1.29 is 9.53 Å². The fourth-order valence-corrected chi connectivity index (χ4v) is 3.46. The van der Waals surface area contributed by atoms with Gasteiger partial charge in [-0.2, -0.15) is 0 Å². The zero-order valence-electron chi connectivity index (χ0n) is 12.8. The fraction of sp³-hybridized carbons (Fsp3) is 0.375. The molecular weight excluding hydrogens is 334 g/mol. The summed E-state index contributed by atoms with van der Waals surface area (Å²) in [6, 6.07) is 7.60. The third kappa shape index (κ3) is 4.09. The number of ether oxygens (including phenoxy) is 1. The second kappa shape index (κ2) is 7.40. The summed E-state index contributed by atoms with van der Waals surface area (Å²) in [5, 5.41) is 7.71. The number of halogens is 1. The zero-order valence-corrected chi connectivity index (χ0v) is 14.3. The first kappa shape index (κ1) is 16.4. The smallest absolute Gasteiger partial charge is 0.250 e. The number of hydrogen-bond donors (Lipinski definition) is 2. The molecule has 23 heavy (non-hydrogen) atoms. The van der Waals surface area contributed by atoms with Crippen molar-refractivity contribution in [2.75, 3.05) is 19.7 Å². The van der Waals surface area contributed by atoms with Crippen molar-refractivity contribution in [2.45, 2.75) is 19.6 Å². The molecule has 0 radical (unpaired) electrons. The maximum atomic E-state index is 12.1. The maximum absolute atomic E-state index is 12.1. The highest BCUT2D eigenvalue weighted by Gasteiger charge is 2.21. The van der Waals surface area contributed by atoms with E-state index < -0.39 is 6.10 Å². The molecule has 1 saturated heterocycles. The van der Waals surface area contributed by atoms with Gasteiger partial charge in [0.05, 0.1) is 18.8 Å². The van der Waals surface area contributed by atoms with Gasteiger partial charge in [-0.05, 0) is 19.1 Å². The molecule has 1 amide bonds. The molecule has 0 saturated carbocycles. The number of amides is 1. The Morgan fingerprint density at radius 3 is 2.96 bits per heavy atom. The molecule has 1 atom stereocenters. The molecule has 1 fully saturated rings. The van der Waals surface area contributed by atoms with Crippen LogP contribution in [0.5, 0.6) is 0 Å². The number of hydrogen-bond acceptors (Lipinski definition) is 5. The normalized spacial score (nSPS) is 17.9. The average molecular weight is 352 g/mol. The molecule has 3 rings (SSSR count). The minimum Gasteiger partial charge on any atom is -0.366 e. The molecule has 1 unspecified atom stereocenters. The summed E-state index contributed by atoms with van der Waals surface area (Å²) in [6.45, 7) is 4.34. The number of nitrogens with zero attached hydrogens (tertiary/aromatic N) is 1. The largest absolute Gasteiger partial charge is 0.366 e. The third-order valence-electron chi connectivity index (χ3n) is 3.63. The van der Waals surface area contributed by atoms with E-state index in [1.54, 1.807) is 11.3 Å². The Labute approximate surface area is 144 Å². The van der Waals surface area contributed by atoms with Crippen LogP contribution in [-0.2, 0) is 16.1 Å². The van der Waals surface area contributed by atoms with Gasteiger partial charge in [-0.25, -0.2) is 4.98 Å². The summed E-state index contributed by atoms with van der Waals surface area (Å²) in [7, 11) is 0. The van der Waals surface area contributed by atoms with Gasteiger partial charge in [-0.3, -0.25) is 4.79 Å². The first-order valence-corrected chi connectivity index (χ1v) is 8.65. The topological polar surface area (TPSA) is 63.2 Å². The molecule has 0 aliphatic carbocycles. The van der Waals surface area contributed by atoms with Gasteiger partial charge in [0.2, 0.25) is 0 Å². The monoisotopic (exact) mass is 351 g/mol. The Hall–Kier alpha value is -1.47. The van der Waals surface area contributed by atoms with Gasteiger partial charge in [0.1, 0.15) is 11.1 Å². The minimum absolute atomic E-state index is 0.0851. The standard InChI is InChI=1S/C16H18ClN3O2S/c1-10-14(9-19-15(21)13-8-18-6-7-22-13)23-16(20-10)11-2-4-12(17)5-3-11/h2-5,13,18H,6-9H2,1H3,(H,19,21). The molecule has 0 spiro atoms. The molecular formula is C16H18ClN3O2S. The Morgan fingerprint density at radius 2 is 2.26 bits per heavy atom. The van der Waals surface area contributed by atoms with Crippen LogP contribution in [0.1, 0.15) is 10.6 Å². The summed E-state index contributed by atoms with van der Waals surface area (Å²) in [4.78, 5) is 17.7. The van der Waals surface area contributed by atoms with Crippen molar-refractivity contribution in [1.82, 2.24) is 15.6 Å². The van der Waals surface area contributed by atoms with Crippen LogP contribution in [0.4, 0.5) is 0 Å². The predicted molar refractivity (Wildman–Crippen MR) is 91.8 cm³/mol. The SMILES string of the molecule is Cc1nc(-c2ccc(Cl)cc2)sc1CNC(=O)C1CNCCO1. The summed E-state index contributed by atoms with van der Waals surface area (Å²) >= 11 is 7.49. The quantitative estimate of drug-likeness (QED) is 0.887. The van der Waals surface area contributed by atoms with Crippen LogP contribution in [0.25, 0.3) is 10.6 Å². The second-order valence-corrected chi connectivity index (χ2v) is 6.84. The van der Waals surface area contributed by atoms with Crippen LogP contribution >= 0.6 is 22.9 Å². The second-order valence-electron chi connectivity index (χ2n) is 5.32. The summed E-state index contributed by atoms with van der Waals surface area (Å²) in [6.07, 6.45) is -0.410. The lowest BCUT2D eigenvalue weighted by Gasteiger charge is -2.22. The average Bonchev–Trinajstić information content (AvgIpc) is 2.95. The highest BCUT2D eigenvalue weighted by Crippen LogP contribution is 2.28. The van der Waals surface area contributed by atoms with E-state index in [2.05, 4.69) is 15.6 Å². The molecule has 7 heteroatoms. The van der Waals surface area contributed by atoms with Crippen LogP contribution in [0.15, 0.2) is 24.3 Å². The molecule has 2 N–H and O–H groups in total. The number of nitrogens with one attached hydrogen (secondary N) is 2. The van der Waals surface area contributed by atoms with Crippen LogP contribution < -0.4 is 10.6 Å². The van der Waals surface area contributed by atoms with E-state index in [1.807, 2.05) is 31.2 Å². The number of aromatic nitrogens is 1. The predicted octanol–water partition coefficient (Wildman–Crippen LogP) is 2.38. The molecule has 1 aromatic carbocycles. The Bertz CT molecular complexity index is 681. The van der Waals surface area contributed by atoms with E-state index in [9.17, 15) is 4.79 Å². The molecule has 0 bridgehead atoms. The number of carbonyl (C=O) groups is 1.